The van der Waals surface area contributed by atoms with Crippen LogP contribution in [0.1, 0.15) is 42.5 Å². The largest absolute Gasteiger partial charge is 0.507 e. The van der Waals surface area contributed by atoms with Gasteiger partial charge in [-0.3, -0.25) is 0 Å². The van der Waals surface area contributed by atoms with Crippen molar-refractivity contribution < 1.29 is 24.5 Å². The molecule has 0 saturated carbocycles. The maximum absolute atomic E-state index is 11.4. The van der Waals surface area contributed by atoms with Crippen molar-refractivity contribution in [3.8, 4) is 11.5 Å². The molecule has 5 nitrogen and oxygen atoms in total. The van der Waals surface area contributed by atoms with Gasteiger partial charge in [0, 0.05) is 6.61 Å². The van der Waals surface area contributed by atoms with Crippen LogP contribution in [0, 0.1) is 0 Å². The quantitative estimate of drug-likeness (QED) is 0.537. The lowest BCUT2D eigenvalue weighted by molar-refractivity contribution is 0.0597. The van der Waals surface area contributed by atoms with Crippen molar-refractivity contribution in [2.24, 2.45) is 0 Å². The third-order valence-corrected chi connectivity index (χ3v) is 2.94. The molecular formula is C15H22O5. The number of unbranched alkanes of at least 4 members (excludes halogenated alkanes) is 4. The van der Waals surface area contributed by atoms with Crippen LogP contribution in [0.25, 0.3) is 0 Å². The Bertz CT molecular complexity index is 417. The van der Waals surface area contributed by atoms with Gasteiger partial charge in [0.05, 0.1) is 13.7 Å². The third-order valence-electron chi connectivity index (χ3n) is 2.94. The zero-order valence-corrected chi connectivity index (χ0v) is 11.8. The van der Waals surface area contributed by atoms with Crippen molar-refractivity contribution in [3.63, 3.8) is 0 Å². The summed E-state index contributed by atoms with van der Waals surface area (Å²) in [4.78, 5) is 11.4. The summed E-state index contributed by atoms with van der Waals surface area (Å²) in [5.74, 6) is -0.163. The van der Waals surface area contributed by atoms with E-state index in [9.17, 15) is 9.90 Å². The molecular weight excluding hydrogens is 260 g/mol. The van der Waals surface area contributed by atoms with E-state index in [1.54, 1.807) is 6.07 Å². The Hall–Kier alpha value is -1.75. The zero-order valence-electron chi connectivity index (χ0n) is 11.8. The van der Waals surface area contributed by atoms with Gasteiger partial charge in [0.1, 0.15) is 17.1 Å². The van der Waals surface area contributed by atoms with E-state index in [0.717, 1.165) is 32.1 Å². The summed E-state index contributed by atoms with van der Waals surface area (Å²) < 4.78 is 10.1. The van der Waals surface area contributed by atoms with Crippen LogP contribution in [-0.2, 0) is 4.74 Å². The van der Waals surface area contributed by atoms with E-state index < -0.39 is 5.97 Å². The number of carbonyl (C=O) groups is 1. The highest BCUT2D eigenvalue weighted by Crippen LogP contribution is 2.23. The number of hydrogen-bond acceptors (Lipinski definition) is 5. The number of benzene rings is 1. The number of esters is 1. The van der Waals surface area contributed by atoms with Gasteiger partial charge in [-0.2, -0.15) is 0 Å². The first-order valence-electron chi connectivity index (χ1n) is 6.84. The predicted molar refractivity (Wildman–Crippen MR) is 75.1 cm³/mol. The summed E-state index contributed by atoms with van der Waals surface area (Å²) in [5.41, 5.74) is 0.105. The first kappa shape index (κ1) is 16.3. The normalized spacial score (nSPS) is 10.3. The van der Waals surface area contributed by atoms with E-state index in [1.165, 1.54) is 19.2 Å². The Labute approximate surface area is 119 Å². The number of methoxy groups -OCH3 is 1. The molecule has 1 rings (SSSR count). The van der Waals surface area contributed by atoms with Crippen LogP contribution >= 0.6 is 0 Å². The molecule has 112 valence electrons. The number of hydrogen-bond donors (Lipinski definition) is 2. The van der Waals surface area contributed by atoms with Gasteiger partial charge < -0.3 is 19.7 Å². The number of aliphatic hydroxyl groups excluding tert-OH is 1. The van der Waals surface area contributed by atoms with E-state index in [0.29, 0.717) is 12.4 Å². The highest BCUT2D eigenvalue weighted by Gasteiger charge is 2.12. The Morgan fingerprint density at radius 1 is 1.15 bits per heavy atom. The van der Waals surface area contributed by atoms with Crippen LogP contribution < -0.4 is 4.74 Å². The van der Waals surface area contributed by atoms with Crippen LogP contribution in [0.3, 0.4) is 0 Å². The highest BCUT2D eigenvalue weighted by molar-refractivity contribution is 5.92. The molecule has 0 aliphatic carbocycles. The van der Waals surface area contributed by atoms with Crippen molar-refractivity contribution in [3.05, 3.63) is 23.8 Å². The summed E-state index contributed by atoms with van der Waals surface area (Å²) >= 11 is 0. The molecule has 0 aliphatic rings. The number of rotatable bonds is 9. The van der Waals surface area contributed by atoms with Gasteiger partial charge in [-0.15, -0.1) is 0 Å². The monoisotopic (exact) mass is 282 g/mol. The maximum atomic E-state index is 11.4. The third kappa shape index (κ3) is 5.48. The van der Waals surface area contributed by atoms with Crippen molar-refractivity contribution in [2.75, 3.05) is 20.3 Å². The zero-order chi connectivity index (χ0) is 14.8. The fourth-order valence-electron chi connectivity index (χ4n) is 1.81. The molecule has 20 heavy (non-hydrogen) atoms. The lowest BCUT2D eigenvalue weighted by Gasteiger charge is -2.08. The van der Waals surface area contributed by atoms with Gasteiger partial charge in [0.15, 0.2) is 0 Å². The van der Waals surface area contributed by atoms with Crippen molar-refractivity contribution in [1.29, 1.82) is 0 Å². The lowest BCUT2D eigenvalue weighted by atomic mass is 10.1. The molecule has 0 spiro atoms. The molecule has 0 aromatic heterocycles. The first-order chi connectivity index (χ1) is 9.69. The van der Waals surface area contributed by atoms with Crippen LogP contribution in [-0.4, -0.2) is 36.5 Å². The minimum atomic E-state index is -0.586. The summed E-state index contributed by atoms with van der Waals surface area (Å²) in [6.45, 7) is 0.810. The van der Waals surface area contributed by atoms with Crippen molar-refractivity contribution >= 4 is 5.97 Å². The standard InChI is InChI=1S/C15H22O5/c1-19-15(18)13-11-12(7-8-14(13)17)20-10-6-4-2-3-5-9-16/h7-8,11,16-17H,2-6,9-10H2,1H3. The SMILES string of the molecule is COC(=O)c1cc(OCCCCCCCO)ccc1O. The number of aliphatic hydroxyl groups is 1. The molecule has 0 saturated heterocycles. The lowest BCUT2D eigenvalue weighted by Crippen LogP contribution is -2.03. The molecule has 5 heteroatoms. The Balaban J connectivity index is 2.35. The van der Waals surface area contributed by atoms with E-state index in [2.05, 4.69) is 4.74 Å². The first-order valence-corrected chi connectivity index (χ1v) is 6.84. The number of aromatic hydroxyl groups is 1. The van der Waals surface area contributed by atoms with Gasteiger partial charge in [0.25, 0.3) is 0 Å². The fourth-order valence-corrected chi connectivity index (χ4v) is 1.81. The number of ether oxygens (including phenoxy) is 2. The Morgan fingerprint density at radius 3 is 2.55 bits per heavy atom. The minimum Gasteiger partial charge on any atom is -0.507 e. The van der Waals surface area contributed by atoms with E-state index in [-0.39, 0.29) is 17.9 Å². The molecule has 0 aliphatic heterocycles. The number of carbonyl (C=O) groups excluding carboxylic acids is 1. The summed E-state index contributed by atoms with van der Waals surface area (Å²) in [6, 6.07) is 4.52. The molecule has 0 radical (unpaired) electrons. The maximum Gasteiger partial charge on any atom is 0.341 e. The number of phenolic OH excluding ortho intramolecular Hbond substituents is 1. The average Bonchev–Trinajstić information content (AvgIpc) is 2.47. The molecule has 2 N–H and O–H groups in total. The second kappa shape index (κ2) is 9.20. The van der Waals surface area contributed by atoms with E-state index in [4.69, 9.17) is 9.84 Å². The molecule has 0 fully saturated rings. The molecule has 1 aromatic carbocycles. The summed E-state index contributed by atoms with van der Waals surface area (Å²) in [5, 5.41) is 18.2. The Kier molecular flexibility index (Phi) is 7.50. The second-order valence-electron chi connectivity index (χ2n) is 4.51. The van der Waals surface area contributed by atoms with Crippen LogP contribution in [0.4, 0.5) is 0 Å². The van der Waals surface area contributed by atoms with Gasteiger partial charge >= 0.3 is 5.97 Å². The van der Waals surface area contributed by atoms with Crippen molar-refractivity contribution in [2.45, 2.75) is 32.1 Å². The smallest absolute Gasteiger partial charge is 0.341 e. The van der Waals surface area contributed by atoms with Gasteiger partial charge in [-0.25, -0.2) is 4.79 Å². The molecule has 0 heterocycles. The van der Waals surface area contributed by atoms with Crippen LogP contribution in [0.15, 0.2) is 18.2 Å². The predicted octanol–water partition coefficient (Wildman–Crippen LogP) is 2.50. The van der Waals surface area contributed by atoms with Gasteiger partial charge in [-0.05, 0) is 31.0 Å². The van der Waals surface area contributed by atoms with Crippen LogP contribution in [0.2, 0.25) is 0 Å². The van der Waals surface area contributed by atoms with Crippen LogP contribution in [0.5, 0.6) is 11.5 Å². The average molecular weight is 282 g/mol. The number of phenols is 1. The molecule has 1 aromatic rings. The van der Waals surface area contributed by atoms with Crippen molar-refractivity contribution in [1.82, 2.24) is 0 Å². The van der Waals surface area contributed by atoms with E-state index in [1.807, 2.05) is 0 Å². The molecule has 0 amide bonds. The summed E-state index contributed by atoms with van der Waals surface area (Å²) in [6.07, 6.45) is 4.91. The summed E-state index contributed by atoms with van der Waals surface area (Å²) in [7, 11) is 1.27. The molecule has 0 unspecified atom stereocenters. The topological polar surface area (TPSA) is 76.0 Å². The minimum absolute atomic E-state index is 0.105. The second-order valence-corrected chi connectivity index (χ2v) is 4.51. The van der Waals surface area contributed by atoms with E-state index >= 15 is 0 Å². The van der Waals surface area contributed by atoms with Gasteiger partial charge in [0.2, 0.25) is 0 Å². The van der Waals surface area contributed by atoms with Gasteiger partial charge in [-0.1, -0.05) is 19.3 Å². The molecule has 0 atom stereocenters. The molecule has 0 bridgehead atoms. The fraction of sp³-hybridized carbons (Fsp3) is 0.533. The Morgan fingerprint density at radius 2 is 1.85 bits per heavy atom. The highest BCUT2D eigenvalue weighted by atomic mass is 16.5.